The van der Waals surface area contributed by atoms with Gasteiger partial charge < -0.3 is 10.2 Å². The molecule has 0 radical (unpaired) electrons. The number of rotatable bonds is 4. The largest absolute Gasteiger partial charge is 0.353 e. The molecule has 5 heteroatoms. The van der Waals surface area contributed by atoms with Crippen LogP contribution in [0.1, 0.15) is 31.2 Å². The van der Waals surface area contributed by atoms with E-state index in [2.05, 4.69) is 28.2 Å². The average molecular weight is 350 g/mol. The van der Waals surface area contributed by atoms with Crippen molar-refractivity contribution in [1.82, 2.24) is 15.1 Å². The summed E-state index contributed by atoms with van der Waals surface area (Å²) in [4.78, 5) is 17.3. The SMILES string of the molecule is CN1CCC(NC(=O)[C@H]2CCCN(Cc3ccccc3Cl)C2)CC1. The third-order valence-corrected chi connectivity index (χ3v) is 5.66. The van der Waals surface area contributed by atoms with Gasteiger partial charge in [0.2, 0.25) is 5.91 Å². The first-order valence-corrected chi connectivity index (χ1v) is 9.44. The molecule has 2 aliphatic heterocycles. The Morgan fingerprint density at radius 2 is 1.96 bits per heavy atom. The van der Waals surface area contributed by atoms with Gasteiger partial charge in [-0.25, -0.2) is 0 Å². The molecule has 0 aromatic heterocycles. The van der Waals surface area contributed by atoms with Gasteiger partial charge in [-0.15, -0.1) is 0 Å². The van der Waals surface area contributed by atoms with Crippen molar-refractivity contribution in [3.8, 4) is 0 Å². The molecule has 0 unspecified atom stereocenters. The Hall–Kier alpha value is -1.10. The predicted octanol–water partition coefficient (Wildman–Crippen LogP) is 2.76. The van der Waals surface area contributed by atoms with E-state index in [1.54, 1.807) is 0 Å². The van der Waals surface area contributed by atoms with Crippen molar-refractivity contribution in [2.24, 2.45) is 5.92 Å². The standard InChI is InChI=1S/C19H28ClN3O/c1-22-11-8-17(9-12-22)21-19(24)16-6-4-10-23(14-16)13-15-5-2-3-7-18(15)20/h2-3,5,7,16-17H,4,6,8-14H2,1H3,(H,21,24)/t16-/m0/s1. The number of carbonyl (C=O) groups is 1. The van der Waals surface area contributed by atoms with E-state index in [9.17, 15) is 4.79 Å². The molecule has 1 amide bonds. The number of likely N-dealkylation sites (tertiary alicyclic amines) is 2. The quantitative estimate of drug-likeness (QED) is 0.907. The Morgan fingerprint density at radius 3 is 2.71 bits per heavy atom. The van der Waals surface area contributed by atoms with E-state index in [1.165, 1.54) is 0 Å². The predicted molar refractivity (Wildman–Crippen MR) is 98.1 cm³/mol. The summed E-state index contributed by atoms with van der Waals surface area (Å²) in [5, 5.41) is 4.10. The fourth-order valence-electron chi connectivity index (χ4n) is 3.75. The highest BCUT2D eigenvalue weighted by Crippen LogP contribution is 2.22. The summed E-state index contributed by atoms with van der Waals surface area (Å²) in [7, 11) is 2.14. The molecule has 0 spiro atoms. The van der Waals surface area contributed by atoms with Crippen molar-refractivity contribution in [2.45, 2.75) is 38.3 Å². The number of piperidine rings is 2. The molecule has 2 aliphatic rings. The lowest BCUT2D eigenvalue weighted by atomic mass is 9.95. The maximum atomic E-state index is 12.6. The van der Waals surface area contributed by atoms with Crippen LogP contribution in [-0.4, -0.2) is 55.0 Å². The van der Waals surface area contributed by atoms with Crippen LogP contribution in [-0.2, 0) is 11.3 Å². The maximum Gasteiger partial charge on any atom is 0.224 e. The molecule has 2 heterocycles. The minimum absolute atomic E-state index is 0.112. The average Bonchev–Trinajstić information content (AvgIpc) is 2.59. The van der Waals surface area contributed by atoms with Crippen LogP contribution in [0.3, 0.4) is 0 Å². The number of benzene rings is 1. The monoisotopic (exact) mass is 349 g/mol. The van der Waals surface area contributed by atoms with Gasteiger partial charge in [-0.1, -0.05) is 29.8 Å². The third-order valence-electron chi connectivity index (χ3n) is 5.29. The van der Waals surface area contributed by atoms with Crippen molar-refractivity contribution in [3.63, 3.8) is 0 Å². The van der Waals surface area contributed by atoms with Crippen molar-refractivity contribution in [3.05, 3.63) is 34.9 Å². The summed E-state index contributed by atoms with van der Waals surface area (Å²) in [6, 6.07) is 8.35. The molecule has 1 aromatic carbocycles. The zero-order chi connectivity index (χ0) is 16.9. The maximum absolute atomic E-state index is 12.6. The Kier molecular flexibility index (Phi) is 6.14. The number of nitrogens with one attached hydrogen (secondary N) is 1. The molecular formula is C19H28ClN3O. The topological polar surface area (TPSA) is 35.6 Å². The van der Waals surface area contributed by atoms with Crippen LogP contribution in [0.2, 0.25) is 5.02 Å². The van der Waals surface area contributed by atoms with Gasteiger partial charge in [-0.05, 0) is 64.0 Å². The van der Waals surface area contributed by atoms with Crippen LogP contribution >= 0.6 is 11.6 Å². The normalized spacial score (nSPS) is 24.0. The molecule has 1 atom stereocenters. The zero-order valence-corrected chi connectivity index (χ0v) is 15.3. The number of nitrogens with zero attached hydrogens (tertiary/aromatic N) is 2. The molecule has 0 saturated carbocycles. The number of halogens is 1. The Bertz CT molecular complexity index is 557. The summed E-state index contributed by atoms with van der Waals surface area (Å²) in [6.07, 6.45) is 4.21. The van der Waals surface area contributed by atoms with E-state index in [1.807, 2.05) is 18.2 Å². The van der Waals surface area contributed by atoms with Crippen LogP contribution in [0, 0.1) is 5.92 Å². The fraction of sp³-hybridized carbons (Fsp3) is 0.632. The highest BCUT2D eigenvalue weighted by Gasteiger charge is 2.28. The van der Waals surface area contributed by atoms with Gasteiger partial charge in [-0.2, -0.15) is 0 Å². The highest BCUT2D eigenvalue weighted by molar-refractivity contribution is 6.31. The number of amides is 1. The first-order chi connectivity index (χ1) is 11.6. The van der Waals surface area contributed by atoms with Gasteiger partial charge in [0.1, 0.15) is 0 Å². The molecule has 4 nitrogen and oxygen atoms in total. The van der Waals surface area contributed by atoms with Crippen LogP contribution in [0.15, 0.2) is 24.3 Å². The molecule has 0 aliphatic carbocycles. The van der Waals surface area contributed by atoms with Crippen LogP contribution in [0.5, 0.6) is 0 Å². The lowest BCUT2D eigenvalue weighted by molar-refractivity contribution is -0.127. The molecule has 3 rings (SSSR count). The Balaban J connectivity index is 1.51. The molecule has 24 heavy (non-hydrogen) atoms. The Labute approximate surface area is 150 Å². The summed E-state index contributed by atoms with van der Waals surface area (Å²) in [5.41, 5.74) is 1.15. The summed E-state index contributed by atoms with van der Waals surface area (Å²) < 4.78 is 0. The molecule has 1 N–H and O–H groups in total. The van der Waals surface area contributed by atoms with Crippen molar-refractivity contribution in [1.29, 1.82) is 0 Å². The molecule has 2 saturated heterocycles. The van der Waals surface area contributed by atoms with Gasteiger partial charge in [0, 0.05) is 24.2 Å². The van der Waals surface area contributed by atoms with E-state index in [0.717, 1.165) is 69.0 Å². The zero-order valence-electron chi connectivity index (χ0n) is 14.5. The second kappa shape index (κ2) is 8.32. The van der Waals surface area contributed by atoms with Crippen LogP contribution in [0.4, 0.5) is 0 Å². The third kappa shape index (κ3) is 4.71. The van der Waals surface area contributed by atoms with E-state index in [0.29, 0.717) is 6.04 Å². The summed E-state index contributed by atoms with van der Waals surface area (Å²) in [5.74, 6) is 0.356. The molecule has 0 bridgehead atoms. The van der Waals surface area contributed by atoms with Gasteiger partial charge >= 0.3 is 0 Å². The lowest BCUT2D eigenvalue weighted by Crippen LogP contribution is -2.48. The summed E-state index contributed by atoms with van der Waals surface area (Å²) in [6.45, 7) is 4.87. The minimum atomic E-state index is 0.112. The van der Waals surface area contributed by atoms with E-state index in [-0.39, 0.29) is 11.8 Å². The molecule has 2 fully saturated rings. The van der Waals surface area contributed by atoms with E-state index < -0.39 is 0 Å². The fourth-order valence-corrected chi connectivity index (χ4v) is 3.95. The van der Waals surface area contributed by atoms with E-state index >= 15 is 0 Å². The van der Waals surface area contributed by atoms with Crippen molar-refractivity contribution < 1.29 is 4.79 Å². The van der Waals surface area contributed by atoms with Gasteiger partial charge in [-0.3, -0.25) is 9.69 Å². The molecule has 1 aromatic rings. The second-order valence-electron chi connectivity index (χ2n) is 7.25. The number of hydrogen-bond acceptors (Lipinski definition) is 3. The minimum Gasteiger partial charge on any atom is -0.353 e. The molecule has 132 valence electrons. The van der Waals surface area contributed by atoms with Crippen molar-refractivity contribution >= 4 is 17.5 Å². The van der Waals surface area contributed by atoms with Gasteiger partial charge in [0.15, 0.2) is 0 Å². The van der Waals surface area contributed by atoms with Crippen LogP contribution < -0.4 is 5.32 Å². The Morgan fingerprint density at radius 1 is 1.21 bits per heavy atom. The van der Waals surface area contributed by atoms with Crippen molar-refractivity contribution in [2.75, 3.05) is 33.2 Å². The second-order valence-corrected chi connectivity index (χ2v) is 7.66. The molecular weight excluding hydrogens is 322 g/mol. The van der Waals surface area contributed by atoms with E-state index in [4.69, 9.17) is 11.6 Å². The number of carbonyl (C=O) groups excluding carboxylic acids is 1. The number of hydrogen-bond donors (Lipinski definition) is 1. The van der Waals surface area contributed by atoms with Crippen LogP contribution in [0.25, 0.3) is 0 Å². The smallest absolute Gasteiger partial charge is 0.224 e. The first kappa shape index (κ1) is 17.7. The van der Waals surface area contributed by atoms with Gasteiger partial charge in [0.25, 0.3) is 0 Å². The first-order valence-electron chi connectivity index (χ1n) is 9.06. The lowest BCUT2D eigenvalue weighted by Gasteiger charge is -2.34. The highest BCUT2D eigenvalue weighted by atomic mass is 35.5. The summed E-state index contributed by atoms with van der Waals surface area (Å²) >= 11 is 6.27. The van der Waals surface area contributed by atoms with Gasteiger partial charge in [0.05, 0.1) is 5.92 Å².